The number of pyridine rings is 1. The number of nitrogen functional groups attached to an aromatic ring is 1. The number of hydrogen-bond donors (Lipinski definition) is 1. The number of rotatable bonds is 3. The van der Waals surface area contributed by atoms with E-state index in [9.17, 15) is 14.5 Å². The minimum absolute atomic E-state index is 0.132. The van der Waals surface area contributed by atoms with Gasteiger partial charge in [-0.05, 0) is 30.3 Å². The fraction of sp³-hybridized carbons (Fsp3) is 0. The second kappa shape index (κ2) is 5.01. The van der Waals surface area contributed by atoms with Crippen LogP contribution in [-0.2, 0) is 0 Å². The maximum absolute atomic E-state index is 12.7. The summed E-state index contributed by atoms with van der Waals surface area (Å²) in [6, 6.07) is 8.66. The molecule has 0 saturated carbocycles. The van der Waals surface area contributed by atoms with Crippen molar-refractivity contribution < 1.29 is 9.31 Å². The third-order valence-electron chi connectivity index (χ3n) is 2.11. The second-order valence-corrected chi connectivity index (χ2v) is 4.46. The van der Waals surface area contributed by atoms with Crippen molar-refractivity contribution in [3.63, 3.8) is 0 Å². The minimum atomic E-state index is -0.589. The van der Waals surface area contributed by atoms with Crippen LogP contribution >= 0.6 is 11.8 Å². The Kier molecular flexibility index (Phi) is 3.42. The number of benzene rings is 1. The zero-order valence-electron chi connectivity index (χ0n) is 9.04. The van der Waals surface area contributed by atoms with E-state index in [2.05, 4.69) is 4.98 Å². The highest BCUT2D eigenvalue weighted by Crippen LogP contribution is 2.29. The molecule has 0 spiro atoms. The molecular formula is C11H8FN3O2S. The molecule has 2 N–H and O–H groups in total. The van der Waals surface area contributed by atoms with Crippen LogP contribution in [0.1, 0.15) is 0 Å². The summed E-state index contributed by atoms with van der Waals surface area (Å²) in [5, 5.41) is 11.1. The van der Waals surface area contributed by atoms with E-state index in [0.717, 1.165) is 4.90 Å². The predicted octanol–water partition coefficient (Wildman–Crippen LogP) is 2.86. The summed E-state index contributed by atoms with van der Waals surface area (Å²) in [7, 11) is 0. The number of aromatic nitrogens is 1. The summed E-state index contributed by atoms with van der Waals surface area (Å²) in [4.78, 5) is 14.7. The Morgan fingerprint density at radius 2 is 1.89 bits per heavy atom. The highest BCUT2D eigenvalue weighted by Gasteiger charge is 2.13. The van der Waals surface area contributed by atoms with Crippen LogP contribution in [0, 0.1) is 15.9 Å². The number of halogens is 1. The molecule has 0 atom stereocenters. The van der Waals surface area contributed by atoms with Crippen LogP contribution in [0.3, 0.4) is 0 Å². The van der Waals surface area contributed by atoms with Gasteiger partial charge in [-0.15, -0.1) is 0 Å². The van der Waals surface area contributed by atoms with Gasteiger partial charge in [0.15, 0.2) is 0 Å². The molecule has 2 aromatic rings. The van der Waals surface area contributed by atoms with Crippen molar-refractivity contribution in [3.8, 4) is 0 Å². The lowest BCUT2D eigenvalue weighted by molar-refractivity contribution is -0.384. The van der Waals surface area contributed by atoms with Gasteiger partial charge >= 0.3 is 5.69 Å². The van der Waals surface area contributed by atoms with E-state index in [-0.39, 0.29) is 17.3 Å². The van der Waals surface area contributed by atoms with Crippen LogP contribution < -0.4 is 5.73 Å². The van der Waals surface area contributed by atoms with E-state index in [0.29, 0.717) is 5.03 Å². The number of nitrogens with zero attached hydrogens (tertiary/aromatic N) is 2. The van der Waals surface area contributed by atoms with Gasteiger partial charge in [0.1, 0.15) is 10.8 Å². The van der Waals surface area contributed by atoms with Crippen molar-refractivity contribution >= 4 is 23.3 Å². The molecule has 0 aliphatic rings. The Balaban J connectivity index is 2.22. The van der Waals surface area contributed by atoms with Crippen LogP contribution in [0.4, 0.5) is 15.9 Å². The quantitative estimate of drug-likeness (QED) is 0.681. The Morgan fingerprint density at radius 3 is 2.44 bits per heavy atom. The molecule has 1 aromatic heterocycles. The Bertz CT molecular complexity index is 589. The van der Waals surface area contributed by atoms with Gasteiger partial charge in [0.05, 0.1) is 4.92 Å². The number of anilines is 1. The molecule has 1 heterocycles. The first-order valence-electron chi connectivity index (χ1n) is 4.90. The van der Waals surface area contributed by atoms with E-state index in [4.69, 9.17) is 5.73 Å². The summed E-state index contributed by atoms with van der Waals surface area (Å²) in [5.74, 6) is -0.456. The monoisotopic (exact) mass is 265 g/mol. The Morgan fingerprint density at radius 1 is 1.22 bits per heavy atom. The van der Waals surface area contributed by atoms with E-state index in [1.807, 2.05) is 0 Å². The average Bonchev–Trinajstić information content (AvgIpc) is 2.32. The molecule has 0 bridgehead atoms. The molecule has 7 heteroatoms. The van der Waals surface area contributed by atoms with Gasteiger partial charge in [-0.2, -0.15) is 0 Å². The maximum atomic E-state index is 12.7. The summed E-state index contributed by atoms with van der Waals surface area (Å²) >= 11 is 1.25. The van der Waals surface area contributed by atoms with Crippen LogP contribution in [0.2, 0.25) is 0 Å². The summed E-state index contributed by atoms with van der Waals surface area (Å²) in [5.41, 5.74) is 5.25. The topological polar surface area (TPSA) is 82.0 Å². The molecule has 0 radical (unpaired) electrons. The molecule has 2 rings (SSSR count). The lowest BCUT2D eigenvalue weighted by Gasteiger charge is -2.02. The first kappa shape index (κ1) is 12.3. The fourth-order valence-corrected chi connectivity index (χ4v) is 2.08. The van der Waals surface area contributed by atoms with Gasteiger partial charge in [-0.1, -0.05) is 11.8 Å². The highest BCUT2D eigenvalue weighted by atomic mass is 32.2. The first-order valence-corrected chi connectivity index (χ1v) is 5.72. The van der Waals surface area contributed by atoms with Gasteiger partial charge in [0.2, 0.25) is 5.82 Å². The van der Waals surface area contributed by atoms with Crippen molar-refractivity contribution in [2.45, 2.75) is 9.92 Å². The Hall–Kier alpha value is -2.15. The van der Waals surface area contributed by atoms with Crippen LogP contribution in [0.25, 0.3) is 0 Å². The van der Waals surface area contributed by atoms with Crippen molar-refractivity contribution in [3.05, 3.63) is 52.3 Å². The molecular weight excluding hydrogens is 257 g/mol. The van der Waals surface area contributed by atoms with Crippen molar-refractivity contribution in [2.75, 3.05) is 5.73 Å². The summed E-state index contributed by atoms with van der Waals surface area (Å²) < 4.78 is 12.7. The fourth-order valence-electron chi connectivity index (χ4n) is 1.28. The SMILES string of the molecule is Nc1nc(Sc2ccc(F)cc2)ccc1[N+](=O)[O-]. The zero-order chi connectivity index (χ0) is 13.1. The summed E-state index contributed by atoms with van der Waals surface area (Å²) in [6.45, 7) is 0. The lowest BCUT2D eigenvalue weighted by atomic mass is 10.4. The smallest absolute Gasteiger partial charge is 0.311 e. The van der Waals surface area contributed by atoms with E-state index >= 15 is 0 Å². The van der Waals surface area contributed by atoms with Gasteiger partial charge in [-0.25, -0.2) is 9.37 Å². The van der Waals surface area contributed by atoms with Gasteiger partial charge in [-0.3, -0.25) is 10.1 Å². The molecule has 92 valence electrons. The second-order valence-electron chi connectivity index (χ2n) is 3.37. The molecule has 0 aliphatic heterocycles. The van der Waals surface area contributed by atoms with E-state index in [1.54, 1.807) is 12.1 Å². The van der Waals surface area contributed by atoms with E-state index < -0.39 is 4.92 Å². The minimum Gasteiger partial charge on any atom is -0.378 e. The van der Waals surface area contributed by atoms with Crippen LogP contribution in [0.15, 0.2) is 46.3 Å². The molecule has 1 aromatic carbocycles. The normalized spacial score (nSPS) is 10.3. The third kappa shape index (κ3) is 2.75. The number of nitrogens with two attached hydrogens (primary N) is 1. The molecule has 0 amide bonds. The molecule has 0 unspecified atom stereocenters. The van der Waals surface area contributed by atoms with Crippen molar-refractivity contribution in [1.29, 1.82) is 0 Å². The number of nitro groups is 1. The first-order chi connectivity index (χ1) is 8.56. The lowest BCUT2D eigenvalue weighted by Crippen LogP contribution is -1.98. The molecule has 0 aliphatic carbocycles. The third-order valence-corrected chi connectivity index (χ3v) is 3.05. The standard InChI is InChI=1S/C11H8FN3O2S/c12-7-1-3-8(4-2-7)18-10-6-5-9(15(16)17)11(13)14-10/h1-6H,(H2,13,14). The predicted molar refractivity (Wildman–Crippen MR) is 65.8 cm³/mol. The molecule has 18 heavy (non-hydrogen) atoms. The van der Waals surface area contributed by atoms with Crippen molar-refractivity contribution in [1.82, 2.24) is 4.98 Å². The largest absolute Gasteiger partial charge is 0.378 e. The molecule has 0 saturated heterocycles. The number of hydrogen-bond acceptors (Lipinski definition) is 5. The molecule has 5 nitrogen and oxygen atoms in total. The van der Waals surface area contributed by atoms with E-state index in [1.165, 1.54) is 36.0 Å². The van der Waals surface area contributed by atoms with Crippen LogP contribution in [0.5, 0.6) is 0 Å². The van der Waals surface area contributed by atoms with Gasteiger partial charge in [0.25, 0.3) is 0 Å². The van der Waals surface area contributed by atoms with Gasteiger partial charge < -0.3 is 5.73 Å². The van der Waals surface area contributed by atoms with Crippen LogP contribution in [-0.4, -0.2) is 9.91 Å². The van der Waals surface area contributed by atoms with Gasteiger partial charge in [0, 0.05) is 11.0 Å². The highest BCUT2D eigenvalue weighted by molar-refractivity contribution is 7.99. The zero-order valence-corrected chi connectivity index (χ0v) is 9.86. The van der Waals surface area contributed by atoms with Crippen molar-refractivity contribution in [2.24, 2.45) is 0 Å². The maximum Gasteiger partial charge on any atom is 0.311 e. The Labute approximate surface area is 106 Å². The molecule has 0 fully saturated rings. The average molecular weight is 265 g/mol. The summed E-state index contributed by atoms with van der Waals surface area (Å²) in [6.07, 6.45) is 0.